The largest absolute Gasteiger partial charge is 0.381 e. The molecule has 0 spiro atoms. The molecule has 0 atom stereocenters. The molecule has 1 aromatic heterocycles. The van der Waals surface area contributed by atoms with Gasteiger partial charge < -0.3 is 19.9 Å². The summed E-state index contributed by atoms with van der Waals surface area (Å²) in [6.45, 7) is 13.3. The summed E-state index contributed by atoms with van der Waals surface area (Å²) in [6, 6.07) is 13.1. The Bertz CT molecular complexity index is 1590. The summed E-state index contributed by atoms with van der Waals surface area (Å²) < 4.78 is 31.8. The number of amides is 1. The van der Waals surface area contributed by atoms with Gasteiger partial charge in [-0.3, -0.25) is 14.3 Å². The molecule has 3 aromatic rings. The van der Waals surface area contributed by atoms with Crippen molar-refractivity contribution in [1.29, 1.82) is 0 Å². The van der Waals surface area contributed by atoms with Crippen LogP contribution in [0.4, 0.5) is 11.4 Å². The summed E-state index contributed by atoms with van der Waals surface area (Å²) in [7, 11) is -3.63. The SMILES string of the molecule is C=CS(=O)(=O)Nc1ccc(-c2cc(C(=O)NCc3c(C)cc(C)[nH]c3=O)c(C)c(N(CC)C3CCOCC3)c2)cc1. The third-order valence-corrected chi connectivity index (χ3v) is 8.48. The molecule has 1 aliphatic rings. The first-order valence-corrected chi connectivity index (χ1v) is 15.3. The summed E-state index contributed by atoms with van der Waals surface area (Å²) in [5.74, 6) is -0.275. The topological polar surface area (TPSA) is 121 Å². The van der Waals surface area contributed by atoms with Crippen LogP contribution in [0.3, 0.4) is 0 Å². The Hall–Kier alpha value is -3.89. The quantitative estimate of drug-likeness (QED) is 0.318. The number of anilines is 2. The van der Waals surface area contributed by atoms with Crippen LogP contribution in [0, 0.1) is 20.8 Å². The molecule has 1 amide bonds. The van der Waals surface area contributed by atoms with E-state index in [1.54, 1.807) is 12.1 Å². The van der Waals surface area contributed by atoms with Gasteiger partial charge in [0.1, 0.15) is 0 Å². The number of aromatic amines is 1. The Morgan fingerprint density at radius 2 is 1.78 bits per heavy atom. The van der Waals surface area contributed by atoms with Crippen molar-refractivity contribution in [3.8, 4) is 11.1 Å². The first-order valence-electron chi connectivity index (χ1n) is 13.7. The molecule has 1 aliphatic heterocycles. The van der Waals surface area contributed by atoms with E-state index in [1.165, 1.54) is 0 Å². The average Bonchev–Trinajstić information content (AvgIpc) is 2.94. The highest BCUT2D eigenvalue weighted by Crippen LogP contribution is 2.34. The zero-order chi connectivity index (χ0) is 29.7. The summed E-state index contributed by atoms with van der Waals surface area (Å²) in [5.41, 5.74) is 6.29. The Balaban J connectivity index is 1.73. The number of pyridine rings is 1. The monoisotopic (exact) mass is 578 g/mol. The van der Waals surface area contributed by atoms with Gasteiger partial charge in [0.2, 0.25) is 0 Å². The third kappa shape index (κ3) is 7.07. The number of hydrogen-bond acceptors (Lipinski definition) is 6. The van der Waals surface area contributed by atoms with Crippen molar-refractivity contribution in [2.75, 3.05) is 29.4 Å². The number of hydrogen-bond donors (Lipinski definition) is 3. The van der Waals surface area contributed by atoms with Crippen LogP contribution in [0.2, 0.25) is 0 Å². The molecular weight excluding hydrogens is 540 g/mol. The first kappa shape index (κ1) is 30.1. The molecule has 0 radical (unpaired) electrons. The molecule has 4 rings (SSSR count). The lowest BCUT2D eigenvalue weighted by atomic mass is 9.95. The predicted molar refractivity (Wildman–Crippen MR) is 164 cm³/mol. The van der Waals surface area contributed by atoms with E-state index in [0.29, 0.717) is 30.0 Å². The van der Waals surface area contributed by atoms with Gasteiger partial charge in [0.25, 0.3) is 21.5 Å². The second-order valence-corrected chi connectivity index (χ2v) is 11.9. The molecular formula is C31H38N4O5S. The molecule has 0 bridgehead atoms. The van der Waals surface area contributed by atoms with E-state index in [-0.39, 0.29) is 24.1 Å². The van der Waals surface area contributed by atoms with Gasteiger partial charge in [0.15, 0.2) is 0 Å². The van der Waals surface area contributed by atoms with Crippen molar-refractivity contribution >= 4 is 27.3 Å². The molecule has 1 saturated heterocycles. The number of nitrogens with zero attached hydrogens (tertiary/aromatic N) is 1. The number of H-pyrrole nitrogens is 1. The van der Waals surface area contributed by atoms with Gasteiger partial charge in [-0.15, -0.1) is 0 Å². The molecule has 0 aliphatic carbocycles. The predicted octanol–water partition coefficient (Wildman–Crippen LogP) is 4.79. The van der Waals surface area contributed by atoms with Crippen molar-refractivity contribution in [1.82, 2.24) is 10.3 Å². The van der Waals surface area contributed by atoms with E-state index in [0.717, 1.165) is 58.4 Å². The number of carbonyl (C=O) groups excluding carboxylic acids is 1. The second-order valence-electron chi connectivity index (χ2n) is 10.3. The van der Waals surface area contributed by atoms with E-state index >= 15 is 0 Å². The number of rotatable bonds is 10. The van der Waals surface area contributed by atoms with Crippen molar-refractivity contribution in [2.45, 2.75) is 53.1 Å². The van der Waals surface area contributed by atoms with Gasteiger partial charge in [0.05, 0.1) is 0 Å². The average molecular weight is 579 g/mol. The van der Waals surface area contributed by atoms with E-state index < -0.39 is 10.0 Å². The Kier molecular flexibility index (Phi) is 9.35. The molecule has 1 fully saturated rings. The van der Waals surface area contributed by atoms with Gasteiger partial charge in [0, 0.05) is 65.9 Å². The standard InChI is InChI=1S/C31H38N4O5S/c1-6-35(26-12-14-40-15-13-26)29-18-24(23-8-10-25(11-9-23)34-41(38,39)7-2)17-27(22(29)5)30(36)32-19-28-20(3)16-21(4)33-31(28)37/h7-11,16-18,26,34H,2,6,12-15,19H2,1,3-5H3,(H,32,36)(H,33,37). The van der Waals surface area contributed by atoms with Crippen LogP contribution in [-0.2, 0) is 21.3 Å². The van der Waals surface area contributed by atoms with E-state index in [1.807, 2.05) is 45.0 Å². The number of aromatic nitrogens is 1. The molecule has 3 N–H and O–H groups in total. The maximum absolute atomic E-state index is 13.6. The molecule has 2 heterocycles. The number of nitrogens with one attached hydrogen (secondary N) is 3. The number of aryl methyl sites for hydroxylation is 2. The number of carbonyl (C=O) groups is 1. The first-order chi connectivity index (χ1) is 19.5. The summed E-state index contributed by atoms with van der Waals surface area (Å²) in [5, 5.41) is 3.82. The molecule has 9 nitrogen and oxygen atoms in total. The Morgan fingerprint density at radius 3 is 2.39 bits per heavy atom. The van der Waals surface area contributed by atoms with Crippen molar-refractivity contribution in [2.24, 2.45) is 0 Å². The second kappa shape index (κ2) is 12.7. The number of benzene rings is 2. The molecule has 41 heavy (non-hydrogen) atoms. The van der Waals surface area contributed by atoms with E-state index in [2.05, 4.69) is 39.5 Å². The Labute approximate surface area is 241 Å². The molecule has 10 heteroatoms. The highest BCUT2D eigenvalue weighted by Gasteiger charge is 2.25. The summed E-state index contributed by atoms with van der Waals surface area (Å²) in [6.07, 6.45) is 1.79. The lowest BCUT2D eigenvalue weighted by Gasteiger charge is -2.37. The summed E-state index contributed by atoms with van der Waals surface area (Å²) >= 11 is 0. The van der Waals surface area contributed by atoms with Crippen LogP contribution in [0.5, 0.6) is 0 Å². The lowest BCUT2D eigenvalue weighted by molar-refractivity contribution is 0.0846. The zero-order valence-corrected chi connectivity index (χ0v) is 24.9. The highest BCUT2D eigenvalue weighted by atomic mass is 32.2. The maximum Gasteiger partial charge on any atom is 0.254 e. The maximum atomic E-state index is 13.6. The van der Waals surface area contributed by atoms with Crippen molar-refractivity contribution < 1.29 is 17.9 Å². The minimum Gasteiger partial charge on any atom is -0.381 e. The van der Waals surface area contributed by atoms with Gasteiger partial charge in [-0.25, -0.2) is 8.42 Å². The normalized spacial score (nSPS) is 14.0. The van der Waals surface area contributed by atoms with Crippen molar-refractivity contribution in [3.05, 3.63) is 92.8 Å². The van der Waals surface area contributed by atoms with Crippen LogP contribution in [0.15, 0.2) is 59.2 Å². The highest BCUT2D eigenvalue weighted by molar-refractivity contribution is 7.95. The van der Waals surface area contributed by atoms with E-state index in [9.17, 15) is 18.0 Å². The molecule has 218 valence electrons. The molecule has 2 aromatic carbocycles. The van der Waals surface area contributed by atoms with Gasteiger partial charge in [-0.05, 0) is 93.1 Å². The lowest BCUT2D eigenvalue weighted by Crippen LogP contribution is -2.40. The fourth-order valence-electron chi connectivity index (χ4n) is 5.32. The van der Waals surface area contributed by atoms with Crippen LogP contribution in [0.25, 0.3) is 11.1 Å². The minimum atomic E-state index is -3.63. The Morgan fingerprint density at radius 1 is 1.10 bits per heavy atom. The fraction of sp³-hybridized carbons (Fsp3) is 0.355. The van der Waals surface area contributed by atoms with Gasteiger partial charge >= 0.3 is 0 Å². The number of sulfonamides is 1. The molecule has 0 unspecified atom stereocenters. The van der Waals surface area contributed by atoms with Crippen LogP contribution in [0.1, 0.15) is 52.5 Å². The third-order valence-electron chi connectivity index (χ3n) is 7.52. The van der Waals surface area contributed by atoms with Crippen LogP contribution in [-0.4, -0.2) is 45.1 Å². The zero-order valence-electron chi connectivity index (χ0n) is 24.0. The van der Waals surface area contributed by atoms with Crippen LogP contribution < -0.4 is 20.5 Å². The van der Waals surface area contributed by atoms with Crippen LogP contribution >= 0.6 is 0 Å². The van der Waals surface area contributed by atoms with Gasteiger partial charge in [-0.1, -0.05) is 18.7 Å². The van der Waals surface area contributed by atoms with Crippen molar-refractivity contribution in [3.63, 3.8) is 0 Å². The molecule has 0 saturated carbocycles. The minimum absolute atomic E-state index is 0.106. The summed E-state index contributed by atoms with van der Waals surface area (Å²) in [4.78, 5) is 31.3. The number of ether oxygens (including phenoxy) is 1. The van der Waals surface area contributed by atoms with E-state index in [4.69, 9.17) is 4.74 Å². The fourth-order valence-corrected chi connectivity index (χ4v) is 5.87. The smallest absolute Gasteiger partial charge is 0.254 e. The van der Waals surface area contributed by atoms with Gasteiger partial charge in [-0.2, -0.15) is 0 Å².